The summed E-state index contributed by atoms with van der Waals surface area (Å²) in [6.07, 6.45) is 4.23. The molecule has 2 aliphatic rings. The molecule has 7 nitrogen and oxygen atoms in total. The van der Waals surface area contributed by atoms with E-state index in [-0.39, 0.29) is 24.6 Å². The highest BCUT2D eigenvalue weighted by Gasteiger charge is 2.31. The second kappa shape index (κ2) is 9.26. The Hall–Kier alpha value is -2.73. The monoisotopic (exact) mass is 463 g/mol. The molecule has 4 heterocycles. The van der Waals surface area contributed by atoms with Gasteiger partial charge in [-0.15, -0.1) is 11.3 Å². The Morgan fingerprint density at radius 2 is 2.15 bits per heavy atom. The highest BCUT2D eigenvalue weighted by atomic mass is 32.1. The lowest BCUT2D eigenvalue weighted by molar-refractivity contribution is -0.117. The largest absolute Gasteiger partial charge is 0.376 e. The summed E-state index contributed by atoms with van der Waals surface area (Å²) in [4.78, 5) is 20.2. The molecule has 1 N–H and O–H groups in total. The van der Waals surface area contributed by atoms with E-state index in [9.17, 15) is 10.1 Å². The molecule has 172 valence electrons. The number of amides is 1. The Kier molecular flexibility index (Phi) is 6.19. The first-order valence-corrected chi connectivity index (χ1v) is 12.5. The van der Waals surface area contributed by atoms with Crippen LogP contribution >= 0.6 is 11.3 Å². The predicted molar refractivity (Wildman–Crippen MR) is 129 cm³/mol. The Morgan fingerprint density at radius 3 is 2.91 bits per heavy atom. The first-order chi connectivity index (χ1) is 16.0. The number of para-hydroxylation sites is 1. The minimum atomic E-state index is -0.0920. The summed E-state index contributed by atoms with van der Waals surface area (Å²) in [6, 6.07) is 10.6. The fraction of sp³-hybridized carbons (Fsp3) is 0.480. The van der Waals surface area contributed by atoms with E-state index in [1.54, 1.807) is 11.3 Å². The van der Waals surface area contributed by atoms with Crippen LogP contribution in [-0.4, -0.2) is 46.2 Å². The van der Waals surface area contributed by atoms with E-state index in [2.05, 4.69) is 26.9 Å². The minimum absolute atomic E-state index is 0.0920. The standard InChI is InChI=1S/C25H29N5O2S/c1-16-17(2)30(14-18-7-6-12-32-18)24(19(16)13-26)28-23(31)15-29-11-5-9-21(29)25-27-20-8-3-4-10-22(20)33-25/h3-4,8,10,18,21H,5-7,9,11-12,14-15H2,1-2H3,(H,28,31). The normalized spacial score (nSPS) is 21.0. The number of thiazole rings is 1. The Balaban J connectivity index is 1.34. The van der Waals surface area contributed by atoms with Crippen molar-refractivity contribution >= 4 is 33.3 Å². The van der Waals surface area contributed by atoms with Gasteiger partial charge in [0.1, 0.15) is 16.9 Å². The second-order valence-electron chi connectivity index (χ2n) is 8.99. The summed E-state index contributed by atoms with van der Waals surface area (Å²) in [5.74, 6) is 0.509. The smallest absolute Gasteiger partial charge is 0.239 e. The van der Waals surface area contributed by atoms with Gasteiger partial charge in [-0.3, -0.25) is 9.69 Å². The van der Waals surface area contributed by atoms with Crippen molar-refractivity contribution in [2.75, 3.05) is 25.0 Å². The lowest BCUT2D eigenvalue weighted by Gasteiger charge is -2.23. The molecule has 2 saturated heterocycles. The number of benzene rings is 1. The first-order valence-electron chi connectivity index (χ1n) is 11.7. The van der Waals surface area contributed by atoms with Gasteiger partial charge in [-0.2, -0.15) is 5.26 Å². The maximum Gasteiger partial charge on any atom is 0.239 e. The molecule has 2 unspecified atom stereocenters. The Bertz CT molecular complexity index is 1180. The van der Waals surface area contributed by atoms with Gasteiger partial charge in [0.25, 0.3) is 0 Å². The zero-order valence-electron chi connectivity index (χ0n) is 19.1. The average Bonchev–Trinajstić information content (AvgIpc) is 3.59. The van der Waals surface area contributed by atoms with E-state index in [1.807, 2.05) is 32.0 Å². The molecule has 0 saturated carbocycles. The summed E-state index contributed by atoms with van der Waals surface area (Å²) in [5.41, 5.74) is 3.48. The number of nitrogens with one attached hydrogen (secondary N) is 1. The van der Waals surface area contributed by atoms with Crippen LogP contribution in [0, 0.1) is 25.2 Å². The number of ether oxygens (including phenoxy) is 1. The molecule has 2 fully saturated rings. The second-order valence-corrected chi connectivity index (χ2v) is 10.1. The van der Waals surface area contributed by atoms with Crippen molar-refractivity contribution in [2.45, 2.75) is 58.2 Å². The minimum Gasteiger partial charge on any atom is -0.376 e. The molecule has 0 radical (unpaired) electrons. The lowest BCUT2D eigenvalue weighted by Crippen LogP contribution is -2.33. The van der Waals surface area contributed by atoms with Crippen molar-refractivity contribution in [3.63, 3.8) is 0 Å². The van der Waals surface area contributed by atoms with Crippen LogP contribution in [0.15, 0.2) is 24.3 Å². The van der Waals surface area contributed by atoms with Crippen LogP contribution in [0.3, 0.4) is 0 Å². The maximum absolute atomic E-state index is 13.2. The molecule has 5 rings (SSSR count). The van der Waals surface area contributed by atoms with E-state index < -0.39 is 0 Å². The lowest BCUT2D eigenvalue weighted by atomic mass is 10.2. The van der Waals surface area contributed by atoms with Crippen LogP contribution < -0.4 is 5.32 Å². The van der Waals surface area contributed by atoms with Gasteiger partial charge in [0, 0.05) is 12.3 Å². The van der Waals surface area contributed by atoms with Crippen LogP contribution in [0.2, 0.25) is 0 Å². The topological polar surface area (TPSA) is 83.2 Å². The first kappa shape index (κ1) is 22.1. The van der Waals surface area contributed by atoms with Crippen molar-refractivity contribution in [3.8, 4) is 6.07 Å². The summed E-state index contributed by atoms with van der Waals surface area (Å²) in [6.45, 7) is 6.53. The SMILES string of the molecule is Cc1c(C#N)c(NC(=O)CN2CCCC2c2nc3ccccc3s2)n(CC2CCCO2)c1C. The van der Waals surface area contributed by atoms with Gasteiger partial charge in [0.15, 0.2) is 0 Å². The Labute approximate surface area is 198 Å². The summed E-state index contributed by atoms with van der Waals surface area (Å²) in [7, 11) is 0. The molecule has 0 aliphatic carbocycles. The average molecular weight is 464 g/mol. The fourth-order valence-corrected chi connectivity index (χ4v) is 6.17. The fourth-order valence-electron chi connectivity index (χ4n) is 5.03. The van der Waals surface area contributed by atoms with Gasteiger partial charge in [-0.25, -0.2) is 4.98 Å². The molecule has 8 heteroatoms. The molecule has 2 aromatic heterocycles. The van der Waals surface area contributed by atoms with Crippen molar-refractivity contribution in [2.24, 2.45) is 0 Å². The van der Waals surface area contributed by atoms with Crippen molar-refractivity contribution in [3.05, 3.63) is 46.1 Å². The van der Waals surface area contributed by atoms with Crippen LogP contribution in [0.1, 0.15) is 53.6 Å². The maximum atomic E-state index is 13.2. The van der Waals surface area contributed by atoms with Crippen LogP contribution in [0.25, 0.3) is 10.2 Å². The van der Waals surface area contributed by atoms with Crippen molar-refractivity contribution < 1.29 is 9.53 Å². The van der Waals surface area contributed by atoms with Gasteiger partial charge >= 0.3 is 0 Å². The summed E-state index contributed by atoms with van der Waals surface area (Å²) < 4.78 is 9.05. The molecule has 33 heavy (non-hydrogen) atoms. The molecule has 1 amide bonds. The van der Waals surface area contributed by atoms with Gasteiger partial charge < -0.3 is 14.6 Å². The van der Waals surface area contributed by atoms with Crippen LogP contribution in [-0.2, 0) is 16.1 Å². The number of rotatable bonds is 6. The number of carbonyl (C=O) groups is 1. The number of hydrogen-bond acceptors (Lipinski definition) is 6. The van der Waals surface area contributed by atoms with E-state index in [0.29, 0.717) is 17.9 Å². The molecule has 1 aromatic carbocycles. The van der Waals surface area contributed by atoms with Gasteiger partial charge in [0.05, 0.1) is 41.0 Å². The quantitative estimate of drug-likeness (QED) is 0.580. The van der Waals surface area contributed by atoms with Crippen LogP contribution in [0.5, 0.6) is 0 Å². The summed E-state index contributed by atoms with van der Waals surface area (Å²) in [5, 5.41) is 13.9. The van der Waals surface area contributed by atoms with E-state index in [4.69, 9.17) is 9.72 Å². The third kappa shape index (κ3) is 4.29. The molecule has 2 aliphatic heterocycles. The number of carbonyl (C=O) groups excluding carboxylic acids is 1. The molecule has 3 aromatic rings. The van der Waals surface area contributed by atoms with Gasteiger partial charge in [-0.05, 0) is 63.8 Å². The number of likely N-dealkylation sites (tertiary alicyclic amines) is 1. The number of fused-ring (bicyclic) bond motifs is 1. The van der Waals surface area contributed by atoms with Crippen LogP contribution in [0.4, 0.5) is 5.82 Å². The highest BCUT2D eigenvalue weighted by Crippen LogP contribution is 2.36. The third-order valence-electron chi connectivity index (χ3n) is 6.91. The molecule has 0 bridgehead atoms. The van der Waals surface area contributed by atoms with Gasteiger partial charge in [0.2, 0.25) is 5.91 Å². The number of anilines is 1. The molecular weight excluding hydrogens is 434 g/mol. The zero-order chi connectivity index (χ0) is 22.9. The highest BCUT2D eigenvalue weighted by molar-refractivity contribution is 7.18. The van der Waals surface area contributed by atoms with Gasteiger partial charge in [-0.1, -0.05) is 12.1 Å². The predicted octanol–water partition coefficient (Wildman–Crippen LogP) is 4.54. The molecular formula is C25H29N5O2S. The zero-order valence-corrected chi connectivity index (χ0v) is 20.0. The summed E-state index contributed by atoms with van der Waals surface area (Å²) >= 11 is 1.72. The number of nitriles is 1. The van der Waals surface area contributed by atoms with Crippen molar-refractivity contribution in [1.82, 2.24) is 14.5 Å². The van der Waals surface area contributed by atoms with Crippen molar-refractivity contribution in [1.29, 1.82) is 5.26 Å². The third-order valence-corrected chi connectivity index (χ3v) is 8.05. The van der Waals surface area contributed by atoms with E-state index in [0.717, 1.165) is 60.6 Å². The Morgan fingerprint density at radius 1 is 1.30 bits per heavy atom. The van der Waals surface area contributed by atoms with E-state index >= 15 is 0 Å². The number of aromatic nitrogens is 2. The van der Waals surface area contributed by atoms with E-state index in [1.165, 1.54) is 4.70 Å². The number of hydrogen-bond donors (Lipinski definition) is 1. The molecule has 2 atom stereocenters. The molecule has 0 spiro atoms. The number of nitrogens with zero attached hydrogens (tertiary/aromatic N) is 4.